The SMILES string of the molecule is O=C(O)c1ccc([N+](=O)[O-])c(N2CC(O)C(O)C2)n1. The van der Waals surface area contributed by atoms with Gasteiger partial charge in [-0.05, 0) is 6.07 Å². The van der Waals surface area contributed by atoms with Crippen LogP contribution in [0.1, 0.15) is 10.5 Å². The average molecular weight is 269 g/mol. The van der Waals surface area contributed by atoms with E-state index >= 15 is 0 Å². The van der Waals surface area contributed by atoms with Crippen molar-refractivity contribution in [2.45, 2.75) is 12.2 Å². The lowest BCUT2D eigenvalue weighted by atomic mass is 10.3. The number of aliphatic hydroxyl groups is 2. The smallest absolute Gasteiger partial charge is 0.354 e. The van der Waals surface area contributed by atoms with Crippen molar-refractivity contribution >= 4 is 17.5 Å². The molecule has 0 saturated carbocycles. The highest BCUT2D eigenvalue weighted by molar-refractivity contribution is 5.86. The van der Waals surface area contributed by atoms with E-state index in [2.05, 4.69) is 4.98 Å². The maximum Gasteiger partial charge on any atom is 0.354 e. The number of pyridine rings is 1. The number of aromatic carboxylic acids is 1. The van der Waals surface area contributed by atoms with Crippen LogP contribution in [0.25, 0.3) is 0 Å². The first kappa shape index (κ1) is 13.2. The first-order valence-corrected chi connectivity index (χ1v) is 5.40. The monoisotopic (exact) mass is 269 g/mol. The van der Waals surface area contributed by atoms with Gasteiger partial charge in [-0.3, -0.25) is 10.1 Å². The number of carbonyl (C=O) groups is 1. The Morgan fingerprint density at radius 2 is 1.95 bits per heavy atom. The van der Waals surface area contributed by atoms with Gasteiger partial charge in [-0.15, -0.1) is 0 Å². The summed E-state index contributed by atoms with van der Waals surface area (Å²) in [7, 11) is 0. The van der Waals surface area contributed by atoms with Gasteiger partial charge in [0.25, 0.3) is 0 Å². The number of β-amino-alcohol motifs (C(OH)–C–C–N with tert-alkyl or cyclic N) is 2. The molecule has 19 heavy (non-hydrogen) atoms. The highest BCUT2D eigenvalue weighted by Crippen LogP contribution is 2.29. The van der Waals surface area contributed by atoms with Crippen LogP contribution < -0.4 is 4.90 Å². The second-order valence-corrected chi connectivity index (χ2v) is 4.14. The number of hydrogen-bond acceptors (Lipinski definition) is 7. The van der Waals surface area contributed by atoms with E-state index in [1.807, 2.05) is 0 Å². The van der Waals surface area contributed by atoms with Gasteiger partial charge in [0, 0.05) is 19.2 Å². The van der Waals surface area contributed by atoms with Gasteiger partial charge in [0.05, 0.1) is 17.1 Å². The van der Waals surface area contributed by atoms with Crippen molar-refractivity contribution in [3.63, 3.8) is 0 Å². The molecule has 0 aromatic carbocycles. The standard InChI is InChI=1S/C10H11N3O6/c14-7-3-12(4-8(7)15)9-6(13(18)19)2-1-5(11-9)10(16)17/h1-2,7-8,14-15H,3-4H2,(H,16,17). The Morgan fingerprint density at radius 1 is 1.37 bits per heavy atom. The van der Waals surface area contributed by atoms with E-state index in [0.717, 1.165) is 12.1 Å². The molecule has 0 radical (unpaired) electrons. The van der Waals surface area contributed by atoms with E-state index in [-0.39, 0.29) is 30.3 Å². The third-order valence-corrected chi connectivity index (χ3v) is 2.83. The van der Waals surface area contributed by atoms with Gasteiger partial charge in [0.1, 0.15) is 0 Å². The summed E-state index contributed by atoms with van der Waals surface area (Å²) in [5.74, 6) is -1.48. The van der Waals surface area contributed by atoms with E-state index in [9.17, 15) is 25.1 Å². The summed E-state index contributed by atoms with van der Waals surface area (Å²) in [6.07, 6.45) is -2.09. The zero-order chi connectivity index (χ0) is 14.2. The van der Waals surface area contributed by atoms with Crippen molar-refractivity contribution in [1.29, 1.82) is 0 Å². The van der Waals surface area contributed by atoms with Gasteiger partial charge in [-0.1, -0.05) is 0 Å². The lowest BCUT2D eigenvalue weighted by molar-refractivity contribution is -0.384. The van der Waals surface area contributed by atoms with Crippen molar-refractivity contribution in [3.05, 3.63) is 27.9 Å². The molecule has 3 N–H and O–H groups in total. The number of anilines is 1. The molecule has 1 aliphatic rings. The van der Waals surface area contributed by atoms with Crippen molar-refractivity contribution in [2.24, 2.45) is 0 Å². The highest BCUT2D eigenvalue weighted by atomic mass is 16.6. The zero-order valence-electron chi connectivity index (χ0n) is 9.63. The fourth-order valence-electron chi connectivity index (χ4n) is 1.88. The summed E-state index contributed by atoms with van der Waals surface area (Å²) in [5.41, 5.74) is -0.706. The summed E-state index contributed by atoms with van der Waals surface area (Å²) < 4.78 is 0. The second-order valence-electron chi connectivity index (χ2n) is 4.14. The van der Waals surface area contributed by atoms with Crippen LogP contribution in [0.4, 0.5) is 11.5 Å². The number of nitro groups is 1. The third kappa shape index (κ3) is 2.46. The fraction of sp³-hybridized carbons (Fsp3) is 0.400. The minimum atomic E-state index is -1.31. The molecule has 0 aliphatic carbocycles. The van der Waals surface area contributed by atoms with Crippen molar-refractivity contribution in [3.8, 4) is 0 Å². The maximum atomic E-state index is 10.9. The van der Waals surface area contributed by atoms with E-state index in [0.29, 0.717) is 0 Å². The zero-order valence-corrected chi connectivity index (χ0v) is 9.63. The average Bonchev–Trinajstić information content (AvgIpc) is 2.68. The molecule has 1 aliphatic heterocycles. The van der Waals surface area contributed by atoms with Gasteiger partial charge < -0.3 is 20.2 Å². The van der Waals surface area contributed by atoms with Gasteiger partial charge in [0.15, 0.2) is 5.69 Å². The number of aliphatic hydroxyl groups excluding tert-OH is 2. The Morgan fingerprint density at radius 3 is 2.42 bits per heavy atom. The Labute approximate surface area is 106 Å². The van der Waals surface area contributed by atoms with E-state index in [1.54, 1.807) is 0 Å². The van der Waals surface area contributed by atoms with E-state index in [4.69, 9.17) is 5.11 Å². The topological polar surface area (TPSA) is 137 Å². The summed E-state index contributed by atoms with van der Waals surface area (Å²) >= 11 is 0. The lowest BCUT2D eigenvalue weighted by Crippen LogP contribution is -2.24. The summed E-state index contributed by atoms with van der Waals surface area (Å²) in [4.78, 5) is 26.0. The second kappa shape index (κ2) is 4.78. The molecule has 0 bridgehead atoms. The van der Waals surface area contributed by atoms with Gasteiger partial charge in [-0.25, -0.2) is 9.78 Å². The predicted octanol–water partition coefficient (Wildman–Crippen LogP) is -0.770. The van der Waals surface area contributed by atoms with Crippen LogP contribution in [0.15, 0.2) is 12.1 Å². The fourth-order valence-corrected chi connectivity index (χ4v) is 1.88. The molecule has 2 rings (SSSR count). The van der Waals surface area contributed by atoms with Crippen molar-refractivity contribution < 1.29 is 25.0 Å². The van der Waals surface area contributed by atoms with Crippen LogP contribution in [0.5, 0.6) is 0 Å². The lowest BCUT2D eigenvalue weighted by Gasteiger charge is -2.16. The third-order valence-electron chi connectivity index (χ3n) is 2.83. The summed E-state index contributed by atoms with van der Waals surface area (Å²) in [6.45, 7) is -0.0871. The number of aromatic nitrogens is 1. The molecule has 1 aromatic heterocycles. The Balaban J connectivity index is 2.44. The highest BCUT2D eigenvalue weighted by Gasteiger charge is 2.34. The molecule has 102 valence electrons. The van der Waals surface area contributed by atoms with Crippen molar-refractivity contribution in [2.75, 3.05) is 18.0 Å². The summed E-state index contributed by atoms with van der Waals surface area (Å²) in [5, 5.41) is 38.6. The number of carboxylic acid groups (broad SMARTS) is 1. The Hall–Kier alpha value is -2.26. The normalized spacial score (nSPS) is 22.5. The quantitative estimate of drug-likeness (QED) is 0.480. The number of nitrogens with zero attached hydrogens (tertiary/aromatic N) is 3. The van der Waals surface area contributed by atoms with Crippen LogP contribution in [-0.4, -0.2) is 56.5 Å². The molecule has 0 amide bonds. The first-order chi connectivity index (χ1) is 8.90. The van der Waals surface area contributed by atoms with Crippen LogP contribution >= 0.6 is 0 Å². The number of rotatable bonds is 3. The Bertz CT molecular complexity index is 524. The van der Waals surface area contributed by atoms with Crippen LogP contribution in [0.3, 0.4) is 0 Å². The molecule has 1 saturated heterocycles. The predicted molar refractivity (Wildman–Crippen MR) is 62.1 cm³/mol. The molecule has 1 fully saturated rings. The Kier molecular flexibility index (Phi) is 3.32. The molecule has 2 heterocycles. The van der Waals surface area contributed by atoms with E-state index in [1.165, 1.54) is 4.90 Å². The van der Waals surface area contributed by atoms with Gasteiger partial charge in [-0.2, -0.15) is 0 Å². The van der Waals surface area contributed by atoms with Crippen molar-refractivity contribution in [1.82, 2.24) is 4.98 Å². The minimum absolute atomic E-state index is 0.0436. The molecular formula is C10H11N3O6. The van der Waals surface area contributed by atoms with Crippen LogP contribution in [0.2, 0.25) is 0 Å². The first-order valence-electron chi connectivity index (χ1n) is 5.40. The molecule has 2 atom stereocenters. The van der Waals surface area contributed by atoms with Gasteiger partial charge >= 0.3 is 11.7 Å². The molecule has 9 nitrogen and oxygen atoms in total. The molecular weight excluding hydrogens is 258 g/mol. The largest absolute Gasteiger partial charge is 0.477 e. The molecule has 1 aromatic rings. The number of carboxylic acids is 1. The number of hydrogen-bond donors (Lipinski definition) is 3. The van der Waals surface area contributed by atoms with Gasteiger partial charge in [0.2, 0.25) is 5.82 Å². The summed E-state index contributed by atoms with van der Waals surface area (Å²) in [6, 6.07) is 2.08. The minimum Gasteiger partial charge on any atom is -0.477 e. The van der Waals surface area contributed by atoms with Crippen LogP contribution in [-0.2, 0) is 0 Å². The maximum absolute atomic E-state index is 10.9. The molecule has 0 spiro atoms. The van der Waals surface area contributed by atoms with E-state index < -0.39 is 23.1 Å². The van der Waals surface area contributed by atoms with Crippen LogP contribution in [0, 0.1) is 10.1 Å². The molecule has 2 unspecified atom stereocenters. The molecule has 9 heteroatoms.